The van der Waals surface area contributed by atoms with Gasteiger partial charge in [0.25, 0.3) is 0 Å². The first-order chi connectivity index (χ1) is 14.5. The first kappa shape index (κ1) is 20.2. The average Bonchev–Trinajstić information content (AvgIpc) is 3.18. The van der Waals surface area contributed by atoms with Crippen molar-refractivity contribution in [1.29, 1.82) is 0 Å². The molecule has 4 nitrogen and oxygen atoms in total. The fourth-order valence-electron chi connectivity index (χ4n) is 3.61. The number of rotatable bonds is 6. The Morgan fingerprint density at radius 2 is 1.90 bits per heavy atom. The van der Waals surface area contributed by atoms with Crippen LogP contribution < -0.4 is 4.90 Å². The van der Waals surface area contributed by atoms with Crippen LogP contribution in [-0.4, -0.2) is 15.9 Å². The molecule has 0 bridgehead atoms. The Kier molecular flexibility index (Phi) is 5.91. The summed E-state index contributed by atoms with van der Waals surface area (Å²) >= 11 is 1.57. The third-order valence-electron chi connectivity index (χ3n) is 5.29. The molecule has 30 heavy (non-hydrogen) atoms. The van der Waals surface area contributed by atoms with Crippen molar-refractivity contribution in [2.24, 2.45) is 0 Å². The molecule has 0 fully saturated rings. The molecule has 0 aliphatic carbocycles. The van der Waals surface area contributed by atoms with Crippen LogP contribution in [0, 0.1) is 13.8 Å². The zero-order valence-corrected chi connectivity index (χ0v) is 18.4. The lowest BCUT2D eigenvalue weighted by molar-refractivity contribution is -0.118. The fraction of sp³-hybridized carbons (Fsp3) is 0.240. The number of anilines is 1. The molecule has 152 valence electrons. The molecule has 0 saturated carbocycles. The predicted molar refractivity (Wildman–Crippen MR) is 124 cm³/mol. The van der Waals surface area contributed by atoms with Gasteiger partial charge in [-0.05, 0) is 55.2 Å². The standard InChI is InChI=1S/C25H25N3OS/c1-4-19-8-7-10-22-24(19)27-25(30-22)28(16-21-9-5-6-13-26-21)23(29)15-20-12-11-17(2)14-18(20)3/h5-14H,4,15-16H2,1-3H3. The maximum absolute atomic E-state index is 13.5. The van der Waals surface area contributed by atoms with Gasteiger partial charge in [-0.2, -0.15) is 0 Å². The molecule has 1 amide bonds. The quantitative estimate of drug-likeness (QED) is 0.409. The van der Waals surface area contributed by atoms with E-state index in [1.807, 2.05) is 18.2 Å². The summed E-state index contributed by atoms with van der Waals surface area (Å²) in [6.07, 6.45) is 3.02. The van der Waals surface area contributed by atoms with E-state index in [2.05, 4.69) is 62.2 Å². The smallest absolute Gasteiger partial charge is 0.233 e. The minimum atomic E-state index is 0.0321. The third-order valence-corrected chi connectivity index (χ3v) is 6.33. The molecule has 0 aliphatic rings. The Labute approximate surface area is 181 Å². The Hall–Kier alpha value is -3.05. The van der Waals surface area contributed by atoms with Crippen LogP contribution >= 0.6 is 11.3 Å². The lowest BCUT2D eigenvalue weighted by Gasteiger charge is -2.20. The van der Waals surface area contributed by atoms with E-state index in [4.69, 9.17) is 4.98 Å². The summed E-state index contributed by atoms with van der Waals surface area (Å²) in [6, 6.07) is 18.2. The van der Waals surface area contributed by atoms with Gasteiger partial charge in [-0.3, -0.25) is 14.7 Å². The van der Waals surface area contributed by atoms with E-state index in [9.17, 15) is 4.79 Å². The van der Waals surface area contributed by atoms with E-state index in [1.54, 1.807) is 22.4 Å². The van der Waals surface area contributed by atoms with E-state index in [-0.39, 0.29) is 5.91 Å². The van der Waals surface area contributed by atoms with E-state index in [0.717, 1.165) is 38.6 Å². The maximum atomic E-state index is 13.5. The number of hydrogen-bond donors (Lipinski definition) is 0. The zero-order valence-electron chi connectivity index (χ0n) is 17.6. The van der Waals surface area contributed by atoms with E-state index >= 15 is 0 Å². The lowest BCUT2D eigenvalue weighted by atomic mass is 10.0. The van der Waals surface area contributed by atoms with Crippen molar-refractivity contribution in [3.05, 3.63) is 88.7 Å². The van der Waals surface area contributed by atoms with Crippen molar-refractivity contribution in [3.63, 3.8) is 0 Å². The van der Waals surface area contributed by atoms with Gasteiger partial charge >= 0.3 is 0 Å². The zero-order chi connectivity index (χ0) is 21.1. The van der Waals surface area contributed by atoms with Crippen LogP contribution in [0.4, 0.5) is 5.13 Å². The van der Waals surface area contributed by atoms with Gasteiger partial charge in [0.2, 0.25) is 5.91 Å². The van der Waals surface area contributed by atoms with Crippen molar-refractivity contribution in [3.8, 4) is 0 Å². The number of carbonyl (C=O) groups excluding carboxylic acids is 1. The first-order valence-corrected chi connectivity index (χ1v) is 11.0. The number of aromatic nitrogens is 2. The lowest BCUT2D eigenvalue weighted by Crippen LogP contribution is -2.32. The van der Waals surface area contributed by atoms with Crippen LogP contribution in [-0.2, 0) is 24.2 Å². The number of benzene rings is 2. The molecule has 4 rings (SSSR count). The van der Waals surface area contributed by atoms with Crippen molar-refractivity contribution in [2.45, 2.75) is 40.2 Å². The molecule has 0 atom stereocenters. The Bertz CT molecular complexity index is 1180. The molecule has 5 heteroatoms. The highest BCUT2D eigenvalue weighted by Crippen LogP contribution is 2.32. The average molecular weight is 416 g/mol. The minimum Gasteiger partial charge on any atom is -0.282 e. The topological polar surface area (TPSA) is 46.1 Å². The normalized spacial score (nSPS) is 11.0. The summed E-state index contributed by atoms with van der Waals surface area (Å²) in [5, 5.41) is 0.728. The summed E-state index contributed by atoms with van der Waals surface area (Å²) in [7, 11) is 0. The molecule has 0 aliphatic heterocycles. The highest BCUT2D eigenvalue weighted by atomic mass is 32.1. The number of hydrogen-bond acceptors (Lipinski definition) is 4. The number of para-hydroxylation sites is 1. The van der Waals surface area contributed by atoms with Crippen LogP contribution in [0.25, 0.3) is 10.2 Å². The molecule has 2 aromatic heterocycles. The molecular weight excluding hydrogens is 390 g/mol. The second-order valence-corrected chi connectivity index (χ2v) is 8.53. The number of thiazole rings is 1. The van der Waals surface area contributed by atoms with E-state index in [1.165, 1.54) is 11.1 Å². The van der Waals surface area contributed by atoms with Gasteiger partial charge in [0.15, 0.2) is 5.13 Å². The van der Waals surface area contributed by atoms with Gasteiger partial charge in [0.05, 0.1) is 28.9 Å². The summed E-state index contributed by atoms with van der Waals surface area (Å²) in [4.78, 5) is 24.5. The van der Waals surface area contributed by atoms with Gasteiger partial charge in [-0.25, -0.2) is 4.98 Å². The molecule has 2 heterocycles. The molecule has 0 N–H and O–H groups in total. The van der Waals surface area contributed by atoms with Crippen molar-refractivity contribution in [1.82, 2.24) is 9.97 Å². The summed E-state index contributed by atoms with van der Waals surface area (Å²) in [5.74, 6) is 0.0321. The van der Waals surface area contributed by atoms with Crippen LogP contribution in [0.1, 0.15) is 34.9 Å². The Balaban J connectivity index is 1.71. The first-order valence-electron chi connectivity index (χ1n) is 10.2. The van der Waals surface area contributed by atoms with Crippen molar-refractivity contribution >= 4 is 32.6 Å². The molecule has 0 radical (unpaired) electrons. The largest absolute Gasteiger partial charge is 0.282 e. The molecule has 0 saturated heterocycles. The predicted octanol–water partition coefficient (Wildman–Crippen LogP) is 5.65. The Morgan fingerprint density at radius 3 is 2.63 bits per heavy atom. The van der Waals surface area contributed by atoms with Crippen LogP contribution in [0.2, 0.25) is 0 Å². The number of nitrogens with zero attached hydrogens (tertiary/aromatic N) is 3. The Morgan fingerprint density at radius 1 is 1.03 bits per heavy atom. The number of fused-ring (bicyclic) bond motifs is 1. The van der Waals surface area contributed by atoms with Gasteiger partial charge in [0.1, 0.15) is 0 Å². The number of carbonyl (C=O) groups is 1. The van der Waals surface area contributed by atoms with E-state index < -0.39 is 0 Å². The van der Waals surface area contributed by atoms with Crippen molar-refractivity contribution in [2.75, 3.05) is 4.90 Å². The second-order valence-electron chi connectivity index (χ2n) is 7.52. The van der Waals surface area contributed by atoms with Gasteiger partial charge in [0, 0.05) is 6.20 Å². The molecular formula is C25H25N3OS. The van der Waals surface area contributed by atoms with Crippen LogP contribution in [0.3, 0.4) is 0 Å². The van der Waals surface area contributed by atoms with Gasteiger partial charge in [-0.1, -0.05) is 60.2 Å². The molecule has 0 spiro atoms. The van der Waals surface area contributed by atoms with Crippen LogP contribution in [0.5, 0.6) is 0 Å². The molecule has 2 aromatic carbocycles. The third kappa shape index (κ3) is 4.26. The highest BCUT2D eigenvalue weighted by molar-refractivity contribution is 7.22. The summed E-state index contributed by atoms with van der Waals surface area (Å²) in [5.41, 5.74) is 6.43. The number of aryl methyl sites for hydroxylation is 3. The second kappa shape index (κ2) is 8.76. The summed E-state index contributed by atoms with van der Waals surface area (Å²) in [6.45, 7) is 6.67. The number of pyridine rings is 1. The van der Waals surface area contributed by atoms with Gasteiger partial charge < -0.3 is 0 Å². The van der Waals surface area contributed by atoms with Gasteiger partial charge in [-0.15, -0.1) is 0 Å². The molecule has 0 unspecified atom stereocenters. The van der Waals surface area contributed by atoms with Crippen molar-refractivity contribution < 1.29 is 4.79 Å². The fourth-order valence-corrected chi connectivity index (χ4v) is 4.64. The molecule has 4 aromatic rings. The number of amides is 1. The maximum Gasteiger partial charge on any atom is 0.233 e. The van der Waals surface area contributed by atoms with Crippen LogP contribution in [0.15, 0.2) is 60.8 Å². The summed E-state index contributed by atoms with van der Waals surface area (Å²) < 4.78 is 1.11. The monoisotopic (exact) mass is 415 g/mol. The highest BCUT2D eigenvalue weighted by Gasteiger charge is 2.22. The minimum absolute atomic E-state index is 0.0321. The SMILES string of the molecule is CCc1cccc2sc(N(Cc3ccccn3)C(=O)Cc3ccc(C)cc3C)nc12. The van der Waals surface area contributed by atoms with E-state index in [0.29, 0.717) is 13.0 Å².